The Morgan fingerprint density at radius 3 is 2.70 bits per heavy atom. The maximum absolute atomic E-state index is 12.6. The minimum atomic E-state index is -0.405. The molecule has 1 aliphatic heterocycles. The quantitative estimate of drug-likeness (QED) is 0.840. The molecule has 2 aliphatic rings. The van der Waals surface area contributed by atoms with E-state index in [-0.39, 0.29) is 29.3 Å². The van der Waals surface area contributed by atoms with Crippen LogP contribution >= 0.6 is 0 Å². The number of aliphatic hydroxyl groups excluding tert-OH is 1. The highest BCUT2D eigenvalue weighted by atomic mass is 16.3. The molecule has 150 valence electrons. The first kappa shape index (κ1) is 19.9. The molecular formula is C20H32N4O3. The lowest BCUT2D eigenvalue weighted by molar-refractivity contribution is -0.133. The molecule has 3 rings (SSSR count). The summed E-state index contributed by atoms with van der Waals surface area (Å²) in [6.45, 7) is 8.61. The normalized spacial score (nSPS) is 30.7. The fraction of sp³-hybridized carbons (Fsp3) is 0.750. The van der Waals surface area contributed by atoms with Crippen LogP contribution in [0.5, 0.6) is 0 Å². The number of carbonyl (C=O) groups excluding carboxylic acids is 2. The number of aromatic nitrogens is 2. The van der Waals surface area contributed by atoms with Crippen molar-refractivity contribution in [1.29, 1.82) is 0 Å². The van der Waals surface area contributed by atoms with Gasteiger partial charge < -0.3 is 15.3 Å². The largest absolute Gasteiger partial charge is 0.392 e. The molecule has 1 aliphatic carbocycles. The highest BCUT2D eigenvalue weighted by molar-refractivity contribution is 5.95. The topological polar surface area (TPSA) is 87.5 Å². The molecule has 1 aromatic rings. The first-order valence-electron chi connectivity index (χ1n) is 10.1. The fourth-order valence-electron chi connectivity index (χ4n) is 5.00. The smallest absolute Gasteiger partial charge is 0.254 e. The number of amides is 2. The Labute approximate surface area is 161 Å². The van der Waals surface area contributed by atoms with Crippen LogP contribution in [0.1, 0.15) is 68.9 Å². The standard InChI is InChI=1S/C20H32N4O3/c1-5-23-12-16(13(2)22-23)19(27)21-11-15-10-20(4)17(24(15)14(3)25)8-6-7-9-18(20)26/h12,15,17-18,26H,5-11H2,1-4H3,(H,21,27)/t15-,17-,18+,20-/m1/s1. The van der Waals surface area contributed by atoms with Gasteiger partial charge in [0.25, 0.3) is 5.91 Å². The van der Waals surface area contributed by atoms with Gasteiger partial charge in [0.05, 0.1) is 23.4 Å². The molecule has 4 atom stereocenters. The number of nitrogens with one attached hydrogen (secondary N) is 1. The Balaban J connectivity index is 1.74. The lowest BCUT2D eigenvalue weighted by atomic mass is 9.75. The van der Waals surface area contributed by atoms with Crippen LogP contribution in [0, 0.1) is 12.3 Å². The average molecular weight is 377 g/mol. The minimum Gasteiger partial charge on any atom is -0.392 e. The zero-order valence-corrected chi connectivity index (χ0v) is 16.9. The molecule has 1 saturated carbocycles. The maximum Gasteiger partial charge on any atom is 0.254 e. The molecule has 0 aromatic carbocycles. The molecule has 7 heteroatoms. The van der Waals surface area contributed by atoms with Gasteiger partial charge in [-0.2, -0.15) is 5.10 Å². The number of carbonyl (C=O) groups is 2. The van der Waals surface area contributed by atoms with Crippen LogP contribution in [-0.2, 0) is 11.3 Å². The summed E-state index contributed by atoms with van der Waals surface area (Å²) in [4.78, 5) is 26.9. The van der Waals surface area contributed by atoms with Crippen LogP contribution < -0.4 is 5.32 Å². The molecule has 1 aromatic heterocycles. The van der Waals surface area contributed by atoms with Gasteiger partial charge in [-0.15, -0.1) is 0 Å². The van der Waals surface area contributed by atoms with Crippen molar-refractivity contribution in [2.24, 2.45) is 5.41 Å². The van der Waals surface area contributed by atoms with Crippen molar-refractivity contribution in [3.8, 4) is 0 Å². The number of hydrogen-bond donors (Lipinski definition) is 2. The zero-order valence-electron chi connectivity index (χ0n) is 16.9. The third-order valence-corrected chi connectivity index (χ3v) is 6.51. The summed E-state index contributed by atoms with van der Waals surface area (Å²) in [6.07, 6.45) is 5.80. The van der Waals surface area contributed by atoms with Crippen molar-refractivity contribution in [3.05, 3.63) is 17.5 Å². The zero-order chi connectivity index (χ0) is 19.8. The fourth-order valence-corrected chi connectivity index (χ4v) is 5.00. The Morgan fingerprint density at radius 2 is 2.07 bits per heavy atom. The van der Waals surface area contributed by atoms with Gasteiger partial charge in [0, 0.05) is 37.7 Å². The van der Waals surface area contributed by atoms with Crippen LogP contribution in [0.15, 0.2) is 6.20 Å². The lowest BCUT2D eigenvalue weighted by Gasteiger charge is -2.37. The van der Waals surface area contributed by atoms with E-state index in [2.05, 4.69) is 17.3 Å². The summed E-state index contributed by atoms with van der Waals surface area (Å²) in [5.41, 5.74) is 0.974. The Bertz CT molecular complexity index is 716. The molecule has 0 bridgehead atoms. The van der Waals surface area contributed by atoms with Crippen LogP contribution in [0.3, 0.4) is 0 Å². The van der Waals surface area contributed by atoms with Crippen molar-refractivity contribution in [2.45, 2.75) is 84.5 Å². The Kier molecular flexibility index (Phi) is 5.60. The number of likely N-dealkylation sites (tertiary alicyclic amines) is 1. The summed E-state index contributed by atoms with van der Waals surface area (Å²) < 4.78 is 1.75. The molecule has 0 radical (unpaired) electrons. The van der Waals surface area contributed by atoms with E-state index in [1.807, 2.05) is 18.7 Å². The number of aryl methyl sites for hydroxylation is 2. The number of hydrogen-bond acceptors (Lipinski definition) is 4. The predicted molar refractivity (Wildman–Crippen MR) is 102 cm³/mol. The molecule has 2 fully saturated rings. The van der Waals surface area contributed by atoms with Gasteiger partial charge in [-0.25, -0.2) is 0 Å². The highest BCUT2D eigenvalue weighted by Gasteiger charge is 2.54. The third kappa shape index (κ3) is 3.61. The van der Waals surface area contributed by atoms with Gasteiger partial charge in [0.2, 0.25) is 5.91 Å². The average Bonchev–Trinajstić information content (AvgIpc) is 3.10. The number of fused-ring (bicyclic) bond motifs is 1. The van der Waals surface area contributed by atoms with Crippen molar-refractivity contribution >= 4 is 11.8 Å². The first-order chi connectivity index (χ1) is 12.8. The van der Waals surface area contributed by atoms with Gasteiger partial charge in [0.1, 0.15) is 0 Å². The van der Waals surface area contributed by atoms with Crippen LogP contribution in [0.25, 0.3) is 0 Å². The van der Waals surface area contributed by atoms with Gasteiger partial charge >= 0.3 is 0 Å². The van der Waals surface area contributed by atoms with E-state index in [4.69, 9.17) is 0 Å². The maximum atomic E-state index is 12.6. The summed E-state index contributed by atoms with van der Waals surface area (Å²) in [7, 11) is 0. The summed E-state index contributed by atoms with van der Waals surface area (Å²) in [5.74, 6) is -0.138. The molecular weight excluding hydrogens is 344 g/mol. The van der Waals surface area contributed by atoms with Gasteiger partial charge in [-0.3, -0.25) is 14.3 Å². The molecule has 2 amide bonds. The minimum absolute atomic E-state index is 0.0204. The SMILES string of the molecule is CCn1cc(C(=O)NC[C@H]2C[C@@]3(C)[C@@H](O)CCCC[C@H]3N2C(C)=O)c(C)n1. The van der Waals surface area contributed by atoms with E-state index < -0.39 is 6.10 Å². The Hall–Kier alpha value is -1.89. The molecule has 0 spiro atoms. The molecule has 27 heavy (non-hydrogen) atoms. The van der Waals surface area contributed by atoms with Crippen LogP contribution in [-0.4, -0.2) is 56.3 Å². The molecule has 2 heterocycles. The highest BCUT2D eigenvalue weighted by Crippen LogP contribution is 2.48. The predicted octanol–water partition coefficient (Wildman–Crippen LogP) is 1.87. The van der Waals surface area contributed by atoms with Crippen molar-refractivity contribution in [1.82, 2.24) is 20.0 Å². The van der Waals surface area contributed by atoms with E-state index in [9.17, 15) is 14.7 Å². The number of aliphatic hydroxyl groups is 1. The summed E-state index contributed by atoms with van der Waals surface area (Å²) >= 11 is 0. The third-order valence-electron chi connectivity index (χ3n) is 6.51. The number of nitrogens with zero attached hydrogens (tertiary/aromatic N) is 3. The molecule has 1 saturated heterocycles. The second-order valence-corrected chi connectivity index (χ2v) is 8.30. The number of rotatable bonds is 4. The van der Waals surface area contributed by atoms with Crippen molar-refractivity contribution in [2.75, 3.05) is 6.54 Å². The van der Waals surface area contributed by atoms with E-state index in [0.717, 1.165) is 25.7 Å². The van der Waals surface area contributed by atoms with E-state index in [0.29, 0.717) is 30.8 Å². The van der Waals surface area contributed by atoms with Crippen molar-refractivity contribution < 1.29 is 14.7 Å². The first-order valence-corrected chi connectivity index (χ1v) is 10.1. The van der Waals surface area contributed by atoms with Gasteiger partial charge in [-0.1, -0.05) is 19.8 Å². The van der Waals surface area contributed by atoms with Gasteiger partial charge in [0.15, 0.2) is 0 Å². The second-order valence-electron chi connectivity index (χ2n) is 8.30. The van der Waals surface area contributed by atoms with E-state index in [1.165, 1.54) is 0 Å². The summed E-state index contributed by atoms with van der Waals surface area (Å²) in [6, 6.07) is -0.0466. The monoisotopic (exact) mass is 376 g/mol. The van der Waals surface area contributed by atoms with Gasteiger partial charge in [-0.05, 0) is 33.1 Å². The molecule has 7 nitrogen and oxygen atoms in total. The van der Waals surface area contributed by atoms with Crippen molar-refractivity contribution in [3.63, 3.8) is 0 Å². The second kappa shape index (κ2) is 7.62. The Morgan fingerprint density at radius 1 is 1.37 bits per heavy atom. The lowest BCUT2D eigenvalue weighted by Crippen LogP contribution is -2.48. The van der Waals surface area contributed by atoms with E-state index in [1.54, 1.807) is 17.8 Å². The summed E-state index contributed by atoms with van der Waals surface area (Å²) in [5, 5.41) is 18.0. The molecule has 0 unspecified atom stereocenters. The molecule has 2 N–H and O–H groups in total. The van der Waals surface area contributed by atoms with E-state index >= 15 is 0 Å². The van der Waals surface area contributed by atoms with Crippen LogP contribution in [0.2, 0.25) is 0 Å². The van der Waals surface area contributed by atoms with Crippen LogP contribution in [0.4, 0.5) is 0 Å².